The third-order valence-corrected chi connectivity index (χ3v) is 6.48. The number of hydrogen-bond donors (Lipinski definition) is 1. The number of anilines is 2. The Morgan fingerprint density at radius 2 is 1.76 bits per heavy atom. The molecule has 4 rings (SSSR count). The molecule has 0 saturated carbocycles. The third-order valence-electron chi connectivity index (χ3n) is 5.46. The lowest BCUT2D eigenvalue weighted by molar-refractivity contribution is -0.113. The van der Waals surface area contributed by atoms with E-state index in [2.05, 4.69) is 20.4 Å². The van der Waals surface area contributed by atoms with Gasteiger partial charge in [-0.2, -0.15) is 0 Å². The monoisotopic (exact) mass is 483 g/mol. The largest absolute Gasteiger partial charge is 0.497 e. The highest BCUT2D eigenvalue weighted by molar-refractivity contribution is 7.99. The molecule has 2 aromatic carbocycles. The average molecular weight is 484 g/mol. The Hall–Kier alpha value is -3.24. The van der Waals surface area contributed by atoms with Crippen LogP contribution in [0, 0.1) is 0 Å². The first-order valence-electron chi connectivity index (χ1n) is 11.1. The molecule has 1 saturated heterocycles. The lowest BCUT2D eigenvalue weighted by Crippen LogP contribution is -2.36. The van der Waals surface area contributed by atoms with Gasteiger partial charge in [-0.05, 0) is 55.5 Å². The van der Waals surface area contributed by atoms with Crippen molar-refractivity contribution in [3.63, 3.8) is 0 Å². The van der Waals surface area contributed by atoms with Gasteiger partial charge in [0.05, 0.1) is 26.1 Å². The van der Waals surface area contributed by atoms with E-state index in [1.807, 2.05) is 67.1 Å². The van der Waals surface area contributed by atoms with Crippen molar-refractivity contribution in [1.82, 2.24) is 14.8 Å². The summed E-state index contributed by atoms with van der Waals surface area (Å²) in [5, 5.41) is 12.1. The summed E-state index contributed by atoms with van der Waals surface area (Å²) in [4.78, 5) is 14.7. The number of rotatable bonds is 9. The minimum atomic E-state index is -0.306. The molecule has 1 N–H and O–H groups in total. The molecule has 34 heavy (non-hydrogen) atoms. The lowest BCUT2D eigenvalue weighted by Gasteiger charge is -2.28. The number of benzene rings is 2. The number of hydrogen-bond acceptors (Lipinski definition) is 8. The maximum atomic E-state index is 12.5. The standard InChI is InChI=1S/C24H29N5O4S/c1-17(33-21-10-8-20(31-3)9-11-21)23-26-27-24(28(23)2)34-16-22(30)25-18-4-6-19(7-5-18)29-12-14-32-15-13-29/h4-11,17H,12-16H2,1-3H3,(H,25,30). The van der Waals surface area contributed by atoms with Crippen LogP contribution in [0.2, 0.25) is 0 Å². The normalized spacial score (nSPS) is 14.5. The fourth-order valence-electron chi connectivity index (χ4n) is 3.62. The SMILES string of the molecule is COc1ccc(OC(C)c2nnc(SCC(=O)Nc3ccc(N4CCOCC4)cc3)n2C)cc1. The van der Waals surface area contributed by atoms with E-state index in [1.54, 1.807) is 7.11 Å². The van der Waals surface area contributed by atoms with Crippen molar-refractivity contribution in [2.45, 2.75) is 18.2 Å². The van der Waals surface area contributed by atoms with Gasteiger partial charge in [0, 0.05) is 31.5 Å². The Morgan fingerprint density at radius 1 is 1.09 bits per heavy atom. The highest BCUT2D eigenvalue weighted by Gasteiger charge is 2.18. The van der Waals surface area contributed by atoms with E-state index in [0.717, 1.165) is 43.4 Å². The number of aromatic nitrogens is 3. The molecule has 3 aromatic rings. The summed E-state index contributed by atoms with van der Waals surface area (Å²) in [6, 6.07) is 15.3. The number of ether oxygens (including phenoxy) is 3. The van der Waals surface area contributed by atoms with E-state index in [9.17, 15) is 4.79 Å². The molecule has 1 atom stereocenters. The quantitative estimate of drug-likeness (QED) is 0.462. The molecule has 0 radical (unpaired) electrons. The zero-order valence-electron chi connectivity index (χ0n) is 19.6. The molecule has 1 aliphatic heterocycles. The number of carbonyl (C=O) groups excluding carboxylic acids is 1. The summed E-state index contributed by atoms with van der Waals surface area (Å²) in [6.07, 6.45) is -0.306. The highest BCUT2D eigenvalue weighted by atomic mass is 32.2. The van der Waals surface area contributed by atoms with Crippen LogP contribution in [0.25, 0.3) is 0 Å². The van der Waals surface area contributed by atoms with Gasteiger partial charge in [0.1, 0.15) is 11.5 Å². The average Bonchev–Trinajstić information content (AvgIpc) is 3.24. The summed E-state index contributed by atoms with van der Waals surface area (Å²) in [7, 11) is 3.49. The number of nitrogens with zero attached hydrogens (tertiary/aromatic N) is 4. The number of methoxy groups -OCH3 is 1. The van der Waals surface area contributed by atoms with Crippen molar-refractivity contribution >= 4 is 29.0 Å². The van der Waals surface area contributed by atoms with Crippen molar-refractivity contribution in [2.75, 3.05) is 49.4 Å². The van der Waals surface area contributed by atoms with Gasteiger partial charge in [-0.1, -0.05) is 11.8 Å². The van der Waals surface area contributed by atoms with Crippen LogP contribution in [0.15, 0.2) is 53.7 Å². The van der Waals surface area contributed by atoms with E-state index in [-0.39, 0.29) is 17.8 Å². The molecule has 0 bridgehead atoms. The number of nitrogens with one attached hydrogen (secondary N) is 1. The van der Waals surface area contributed by atoms with Gasteiger partial charge in [-0.3, -0.25) is 4.79 Å². The summed E-state index contributed by atoms with van der Waals surface area (Å²) < 4.78 is 18.4. The first-order valence-corrected chi connectivity index (χ1v) is 12.1. The summed E-state index contributed by atoms with van der Waals surface area (Å²) in [5.41, 5.74) is 1.90. The molecular formula is C24H29N5O4S. The van der Waals surface area contributed by atoms with E-state index in [4.69, 9.17) is 14.2 Å². The minimum absolute atomic E-state index is 0.101. The van der Waals surface area contributed by atoms with Crippen LogP contribution in [0.5, 0.6) is 11.5 Å². The number of morpholine rings is 1. The van der Waals surface area contributed by atoms with Crippen molar-refractivity contribution in [3.05, 3.63) is 54.4 Å². The van der Waals surface area contributed by atoms with Crippen LogP contribution >= 0.6 is 11.8 Å². The zero-order valence-corrected chi connectivity index (χ0v) is 20.4. The fraction of sp³-hybridized carbons (Fsp3) is 0.375. The van der Waals surface area contributed by atoms with Crippen molar-refractivity contribution < 1.29 is 19.0 Å². The molecule has 2 heterocycles. The Labute approximate surface area is 203 Å². The van der Waals surface area contributed by atoms with Gasteiger partial charge in [-0.15, -0.1) is 10.2 Å². The fourth-order valence-corrected chi connectivity index (χ4v) is 4.34. The zero-order chi connectivity index (χ0) is 23.9. The predicted molar refractivity (Wildman–Crippen MR) is 132 cm³/mol. The second kappa shape index (κ2) is 11.3. The molecule has 1 aromatic heterocycles. The summed E-state index contributed by atoms with van der Waals surface area (Å²) in [5.74, 6) is 2.28. The van der Waals surface area contributed by atoms with Crippen molar-refractivity contribution in [1.29, 1.82) is 0 Å². The van der Waals surface area contributed by atoms with Gasteiger partial charge >= 0.3 is 0 Å². The molecule has 0 spiro atoms. The van der Waals surface area contributed by atoms with Crippen molar-refractivity contribution in [2.24, 2.45) is 7.05 Å². The second-order valence-electron chi connectivity index (χ2n) is 7.82. The molecular weight excluding hydrogens is 454 g/mol. The van der Waals surface area contributed by atoms with E-state index >= 15 is 0 Å². The number of carbonyl (C=O) groups is 1. The van der Waals surface area contributed by atoms with Crippen molar-refractivity contribution in [3.8, 4) is 11.5 Å². The first-order chi connectivity index (χ1) is 16.5. The molecule has 1 amide bonds. The summed E-state index contributed by atoms with van der Waals surface area (Å²) in [6.45, 7) is 5.16. The van der Waals surface area contributed by atoms with Gasteiger partial charge in [0.15, 0.2) is 17.1 Å². The Balaban J connectivity index is 1.28. The van der Waals surface area contributed by atoms with Gasteiger partial charge < -0.3 is 29.0 Å². The van der Waals surface area contributed by atoms with Gasteiger partial charge in [-0.25, -0.2) is 0 Å². The molecule has 1 fully saturated rings. The maximum Gasteiger partial charge on any atom is 0.234 e. The molecule has 9 nitrogen and oxygen atoms in total. The molecule has 1 unspecified atom stereocenters. The first kappa shape index (κ1) is 23.9. The molecule has 1 aliphatic rings. The molecule has 180 valence electrons. The number of thioether (sulfide) groups is 1. The van der Waals surface area contributed by atoms with Crippen LogP contribution in [0.4, 0.5) is 11.4 Å². The Bertz CT molecular complexity index is 1080. The lowest BCUT2D eigenvalue weighted by atomic mass is 10.2. The third kappa shape index (κ3) is 6.00. The summed E-state index contributed by atoms with van der Waals surface area (Å²) >= 11 is 1.33. The topological polar surface area (TPSA) is 90.7 Å². The van der Waals surface area contributed by atoms with Crippen LogP contribution in [0.3, 0.4) is 0 Å². The molecule has 10 heteroatoms. The predicted octanol–water partition coefficient (Wildman–Crippen LogP) is 3.53. The maximum absolute atomic E-state index is 12.5. The second-order valence-corrected chi connectivity index (χ2v) is 8.76. The van der Waals surface area contributed by atoms with Crippen LogP contribution in [0.1, 0.15) is 18.9 Å². The van der Waals surface area contributed by atoms with Gasteiger partial charge in [0.2, 0.25) is 5.91 Å². The van der Waals surface area contributed by atoms with E-state index in [0.29, 0.717) is 16.7 Å². The van der Waals surface area contributed by atoms with Gasteiger partial charge in [0.25, 0.3) is 0 Å². The molecule has 0 aliphatic carbocycles. The van der Waals surface area contributed by atoms with Crippen LogP contribution < -0.4 is 19.7 Å². The Kier molecular flexibility index (Phi) is 7.91. The van der Waals surface area contributed by atoms with E-state index in [1.165, 1.54) is 11.8 Å². The van der Waals surface area contributed by atoms with Crippen LogP contribution in [-0.2, 0) is 16.6 Å². The minimum Gasteiger partial charge on any atom is -0.497 e. The number of amides is 1. The van der Waals surface area contributed by atoms with E-state index < -0.39 is 0 Å². The van der Waals surface area contributed by atoms with Crippen LogP contribution in [-0.4, -0.2) is 59.8 Å². The Morgan fingerprint density at radius 3 is 2.44 bits per heavy atom. The highest BCUT2D eigenvalue weighted by Crippen LogP contribution is 2.25. The smallest absolute Gasteiger partial charge is 0.234 e.